The van der Waals surface area contributed by atoms with Crippen molar-refractivity contribution in [1.82, 2.24) is 0 Å². The van der Waals surface area contributed by atoms with Crippen LogP contribution in [0.5, 0.6) is 0 Å². The molecule has 5 rings (SSSR count). The van der Waals surface area contributed by atoms with Crippen LogP contribution in [0.1, 0.15) is 65.9 Å². The first-order valence-electron chi connectivity index (χ1n) is 10.6. The molecule has 0 N–H and O–H groups in total. The van der Waals surface area contributed by atoms with Gasteiger partial charge in [0.05, 0.1) is 24.4 Å². The number of ketones is 1. The molecule has 2 bridgehead atoms. The number of hydrogen-bond donors (Lipinski definition) is 0. The summed E-state index contributed by atoms with van der Waals surface area (Å²) < 4.78 is 19.0. The highest BCUT2D eigenvalue weighted by molar-refractivity contribution is 6.49. The van der Waals surface area contributed by atoms with Gasteiger partial charge in [0.25, 0.3) is 0 Å². The molecule has 4 fully saturated rings. The highest BCUT2D eigenvalue weighted by Crippen LogP contribution is 2.83. The summed E-state index contributed by atoms with van der Waals surface area (Å²) in [6.07, 6.45) is 3.84. The van der Waals surface area contributed by atoms with Gasteiger partial charge in [0.2, 0.25) is 0 Å². The van der Waals surface area contributed by atoms with Crippen molar-refractivity contribution < 1.29 is 18.8 Å². The molecule has 3 aliphatic carbocycles. The van der Waals surface area contributed by atoms with E-state index in [-0.39, 0.29) is 34.9 Å². The summed E-state index contributed by atoms with van der Waals surface area (Å²) in [5.74, 6) is 0.586. The van der Waals surface area contributed by atoms with Crippen molar-refractivity contribution in [3.05, 3.63) is 35.9 Å². The smallest absolute Gasteiger partial charge is 0.403 e. The Morgan fingerprint density at radius 1 is 1.07 bits per heavy atom. The van der Waals surface area contributed by atoms with Crippen molar-refractivity contribution >= 4 is 12.9 Å². The van der Waals surface area contributed by atoms with Gasteiger partial charge in [-0.1, -0.05) is 30.3 Å². The zero-order valence-electron chi connectivity index (χ0n) is 17.9. The highest BCUT2D eigenvalue weighted by atomic mass is 16.7. The molecule has 1 saturated heterocycles. The third-order valence-corrected chi connectivity index (χ3v) is 7.75. The molecule has 0 aromatic heterocycles. The third-order valence-electron chi connectivity index (χ3n) is 7.75. The van der Waals surface area contributed by atoms with E-state index in [0.29, 0.717) is 18.8 Å². The average molecular weight is 384 g/mol. The third kappa shape index (κ3) is 3.16. The second-order valence-electron chi connectivity index (χ2n) is 10.4. The van der Waals surface area contributed by atoms with Crippen molar-refractivity contribution in [3.8, 4) is 0 Å². The summed E-state index contributed by atoms with van der Waals surface area (Å²) in [5.41, 5.74) is 0.865. The quantitative estimate of drug-likeness (QED) is 0.603. The fraction of sp³-hybridized carbons (Fsp3) is 0.696. The molecule has 1 heterocycles. The van der Waals surface area contributed by atoms with Crippen LogP contribution in [0.25, 0.3) is 0 Å². The van der Waals surface area contributed by atoms with Crippen LogP contribution < -0.4 is 0 Å². The second kappa shape index (κ2) is 6.68. The average Bonchev–Trinajstić information content (AvgIpc) is 2.75. The molecule has 1 atom stereocenters. The summed E-state index contributed by atoms with van der Waals surface area (Å²) in [6.45, 7) is 11.5. The van der Waals surface area contributed by atoms with Crippen LogP contribution in [-0.4, -0.2) is 30.7 Å². The molecule has 4 nitrogen and oxygen atoms in total. The summed E-state index contributed by atoms with van der Waals surface area (Å²) in [5, 5.41) is 0. The molecule has 28 heavy (non-hydrogen) atoms. The Bertz CT molecular complexity index is 720. The lowest BCUT2D eigenvalue weighted by atomic mass is 9.21. The number of carbonyl (C=O) groups excluding carboxylic acids is 1. The molecule has 1 aromatic rings. The molecular weight excluding hydrogens is 351 g/mol. The second-order valence-corrected chi connectivity index (χ2v) is 10.4. The number of hydrogen-bond acceptors (Lipinski definition) is 4. The van der Waals surface area contributed by atoms with Crippen molar-refractivity contribution in [2.45, 2.75) is 83.9 Å². The van der Waals surface area contributed by atoms with E-state index in [9.17, 15) is 4.79 Å². The fourth-order valence-electron chi connectivity index (χ4n) is 5.68. The topological polar surface area (TPSA) is 44.8 Å². The molecule has 5 heteroatoms. The first-order chi connectivity index (χ1) is 13.1. The van der Waals surface area contributed by atoms with E-state index in [0.717, 1.165) is 25.9 Å². The largest absolute Gasteiger partial charge is 0.462 e. The van der Waals surface area contributed by atoms with Crippen molar-refractivity contribution in [3.63, 3.8) is 0 Å². The van der Waals surface area contributed by atoms with E-state index in [1.807, 2.05) is 18.2 Å². The Morgan fingerprint density at radius 3 is 2.25 bits per heavy atom. The molecule has 0 spiro atoms. The maximum atomic E-state index is 11.6. The monoisotopic (exact) mass is 384 g/mol. The molecule has 4 aliphatic rings. The lowest BCUT2D eigenvalue weighted by molar-refractivity contribution is -0.243. The summed E-state index contributed by atoms with van der Waals surface area (Å²) >= 11 is 0. The Kier molecular flexibility index (Phi) is 4.80. The molecule has 0 amide bonds. The SMILES string of the molecule is CC(=O)CCC12CC(COCc3ccccc3)(C1)C2B1OC(C)(C)C(C)(C)O1. The van der Waals surface area contributed by atoms with Gasteiger partial charge in [0.1, 0.15) is 5.78 Å². The number of carbonyl (C=O) groups is 1. The molecule has 1 aliphatic heterocycles. The Labute approximate surface area is 169 Å². The molecule has 1 aromatic carbocycles. The zero-order valence-corrected chi connectivity index (χ0v) is 17.9. The van der Waals surface area contributed by atoms with Gasteiger partial charge < -0.3 is 18.8 Å². The van der Waals surface area contributed by atoms with Gasteiger partial charge in [0, 0.05) is 12.2 Å². The minimum atomic E-state index is -0.326. The van der Waals surface area contributed by atoms with E-state index in [2.05, 4.69) is 39.8 Å². The number of rotatable bonds is 8. The summed E-state index contributed by atoms with van der Waals surface area (Å²) in [4.78, 5) is 11.6. The van der Waals surface area contributed by atoms with E-state index in [1.165, 1.54) is 5.56 Å². The number of Topliss-reactive ketones (excluding diaryl/α,β-unsaturated/α-hetero) is 1. The van der Waals surface area contributed by atoms with E-state index in [1.54, 1.807) is 6.92 Å². The maximum Gasteiger partial charge on any atom is 0.462 e. The molecule has 152 valence electrons. The normalized spacial score (nSPS) is 34.6. The predicted molar refractivity (Wildman–Crippen MR) is 110 cm³/mol. The van der Waals surface area contributed by atoms with Crippen LogP contribution in [-0.2, 0) is 25.4 Å². The van der Waals surface area contributed by atoms with Crippen LogP contribution in [0.4, 0.5) is 0 Å². The standard InChI is InChI=1S/C23H33BO4/c1-17(25)11-12-22-14-23(15-22,16-26-13-18-9-7-6-8-10-18)19(22)24-27-20(2,3)21(4,5)28-24/h6-10,19H,11-16H2,1-5H3. The van der Waals surface area contributed by atoms with Crippen molar-refractivity contribution in [2.24, 2.45) is 10.8 Å². The summed E-state index contributed by atoms with van der Waals surface area (Å²) in [7, 11) is -0.209. The number of benzene rings is 1. The predicted octanol–water partition coefficient (Wildman–Crippen LogP) is 4.82. The van der Waals surface area contributed by atoms with Gasteiger partial charge in [-0.25, -0.2) is 0 Å². The van der Waals surface area contributed by atoms with Crippen LogP contribution in [0.15, 0.2) is 30.3 Å². The van der Waals surface area contributed by atoms with Crippen LogP contribution in [0, 0.1) is 10.8 Å². The van der Waals surface area contributed by atoms with Crippen LogP contribution in [0.2, 0.25) is 5.82 Å². The Hall–Kier alpha value is -1.17. The van der Waals surface area contributed by atoms with Crippen molar-refractivity contribution in [2.75, 3.05) is 6.61 Å². The van der Waals surface area contributed by atoms with Crippen LogP contribution in [0.3, 0.4) is 0 Å². The van der Waals surface area contributed by atoms with E-state index < -0.39 is 0 Å². The lowest BCUT2D eigenvalue weighted by Gasteiger charge is -2.77. The molecule has 1 unspecified atom stereocenters. The van der Waals surface area contributed by atoms with Crippen molar-refractivity contribution in [1.29, 1.82) is 0 Å². The van der Waals surface area contributed by atoms with Gasteiger partial charge in [0.15, 0.2) is 0 Å². The number of ether oxygens (including phenoxy) is 1. The zero-order chi connectivity index (χ0) is 20.2. The Balaban J connectivity index is 1.45. The van der Waals surface area contributed by atoms with E-state index >= 15 is 0 Å². The minimum Gasteiger partial charge on any atom is -0.403 e. The van der Waals surface area contributed by atoms with Gasteiger partial charge in [-0.3, -0.25) is 0 Å². The van der Waals surface area contributed by atoms with Gasteiger partial charge in [-0.15, -0.1) is 0 Å². The van der Waals surface area contributed by atoms with Crippen LogP contribution >= 0.6 is 0 Å². The van der Waals surface area contributed by atoms with Gasteiger partial charge >= 0.3 is 7.12 Å². The Morgan fingerprint density at radius 2 is 1.68 bits per heavy atom. The minimum absolute atomic E-state index is 0.132. The molecular formula is C23H33BO4. The molecule has 0 radical (unpaired) electrons. The summed E-state index contributed by atoms with van der Waals surface area (Å²) in [6, 6.07) is 10.3. The molecule has 3 saturated carbocycles. The fourth-order valence-corrected chi connectivity index (χ4v) is 5.68. The first-order valence-corrected chi connectivity index (χ1v) is 10.6. The highest BCUT2D eigenvalue weighted by Gasteiger charge is 2.80. The van der Waals surface area contributed by atoms with Gasteiger partial charge in [-0.2, -0.15) is 0 Å². The van der Waals surface area contributed by atoms with E-state index in [4.69, 9.17) is 14.0 Å². The first kappa shape index (κ1) is 20.1. The maximum absolute atomic E-state index is 11.6. The lowest BCUT2D eigenvalue weighted by Crippen LogP contribution is -2.72. The van der Waals surface area contributed by atoms with Gasteiger partial charge in [-0.05, 0) is 70.3 Å².